The third-order valence-corrected chi connectivity index (χ3v) is 7.03. The molecule has 1 saturated heterocycles. The highest BCUT2D eigenvalue weighted by atomic mass is 32.1. The first-order valence-electron chi connectivity index (χ1n) is 11.2. The summed E-state index contributed by atoms with van der Waals surface area (Å²) in [6, 6.07) is 16.1. The summed E-state index contributed by atoms with van der Waals surface area (Å²) in [5, 5.41) is 5.24. The van der Waals surface area contributed by atoms with Gasteiger partial charge in [0, 0.05) is 26.2 Å². The predicted molar refractivity (Wildman–Crippen MR) is 132 cm³/mol. The number of ether oxygens (including phenoxy) is 1. The van der Waals surface area contributed by atoms with Gasteiger partial charge in [-0.25, -0.2) is 9.67 Å². The Kier molecular flexibility index (Phi) is 6.22. The molecule has 0 atom stereocenters. The molecule has 0 spiro atoms. The fourth-order valence-corrected chi connectivity index (χ4v) is 5.17. The van der Waals surface area contributed by atoms with Gasteiger partial charge in [-0.05, 0) is 43.7 Å². The quantitative estimate of drug-likeness (QED) is 0.433. The first-order valence-corrected chi connectivity index (χ1v) is 12.0. The molecule has 1 amide bonds. The van der Waals surface area contributed by atoms with Crippen LogP contribution in [0.15, 0.2) is 54.7 Å². The Morgan fingerprint density at radius 3 is 2.70 bits per heavy atom. The minimum absolute atomic E-state index is 0.0706. The Hall–Kier alpha value is -3.07. The fourth-order valence-electron chi connectivity index (χ4n) is 4.08. The number of para-hydroxylation sites is 1. The van der Waals surface area contributed by atoms with Gasteiger partial charge in [0.1, 0.15) is 0 Å². The Morgan fingerprint density at radius 1 is 1.12 bits per heavy atom. The van der Waals surface area contributed by atoms with Crippen LogP contribution in [0.5, 0.6) is 0 Å². The molecule has 33 heavy (non-hydrogen) atoms. The molecule has 5 rings (SSSR count). The van der Waals surface area contributed by atoms with Crippen LogP contribution in [-0.4, -0.2) is 65.0 Å². The van der Waals surface area contributed by atoms with Gasteiger partial charge in [-0.15, -0.1) is 0 Å². The van der Waals surface area contributed by atoms with Crippen LogP contribution in [-0.2, 0) is 4.74 Å². The van der Waals surface area contributed by atoms with Gasteiger partial charge in [0.25, 0.3) is 5.91 Å². The third-order valence-electron chi connectivity index (χ3n) is 5.99. The number of nitrogens with zero attached hydrogens (tertiary/aromatic N) is 5. The molecule has 170 valence electrons. The van der Waals surface area contributed by atoms with E-state index in [-0.39, 0.29) is 5.91 Å². The second-order valence-corrected chi connectivity index (χ2v) is 9.28. The normalized spacial score (nSPS) is 14.6. The number of anilines is 1. The van der Waals surface area contributed by atoms with Crippen LogP contribution in [0, 0.1) is 13.8 Å². The van der Waals surface area contributed by atoms with Crippen molar-refractivity contribution in [1.82, 2.24) is 19.7 Å². The maximum Gasteiger partial charge on any atom is 0.263 e. The highest BCUT2D eigenvalue weighted by Gasteiger charge is 2.26. The van der Waals surface area contributed by atoms with Crippen LogP contribution < -0.4 is 4.90 Å². The first kappa shape index (κ1) is 21.8. The van der Waals surface area contributed by atoms with Crippen LogP contribution in [0.3, 0.4) is 0 Å². The highest BCUT2D eigenvalue weighted by Crippen LogP contribution is 2.31. The number of benzene rings is 2. The van der Waals surface area contributed by atoms with Gasteiger partial charge in [0.2, 0.25) is 0 Å². The largest absolute Gasteiger partial charge is 0.379 e. The smallest absolute Gasteiger partial charge is 0.263 e. The van der Waals surface area contributed by atoms with Crippen LogP contribution >= 0.6 is 11.3 Å². The van der Waals surface area contributed by atoms with Gasteiger partial charge in [-0.3, -0.25) is 14.6 Å². The fraction of sp³-hybridized carbons (Fsp3) is 0.320. The molecule has 3 heterocycles. The Bertz CT molecular complexity index is 1260. The van der Waals surface area contributed by atoms with Crippen molar-refractivity contribution in [3.63, 3.8) is 0 Å². The SMILES string of the molecule is Cc1ccc2nc(N(CCN3CCOCC3)C(=O)c3cnn(-c4ccccc4)c3C)sc2c1. The number of amides is 1. The average molecular weight is 462 g/mol. The van der Waals surface area contributed by atoms with Crippen molar-refractivity contribution in [2.45, 2.75) is 13.8 Å². The zero-order valence-corrected chi connectivity index (χ0v) is 19.7. The molecule has 0 unspecified atom stereocenters. The van der Waals surface area contributed by atoms with Crippen LogP contribution in [0.4, 0.5) is 5.13 Å². The number of hydrogen-bond acceptors (Lipinski definition) is 6. The zero-order valence-electron chi connectivity index (χ0n) is 18.9. The highest BCUT2D eigenvalue weighted by molar-refractivity contribution is 7.22. The van der Waals surface area contributed by atoms with E-state index < -0.39 is 0 Å². The zero-order chi connectivity index (χ0) is 22.8. The van der Waals surface area contributed by atoms with Crippen molar-refractivity contribution >= 4 is 32.6 Å². The summed E-state index contributed by atoms with van der Waals surface area (Å²) in [5.74, 6) is -0.0706. The van der Waals surface area contributed by atoms with Crippen molar-refractivity contribution in [2.24, 2.45) is 0 Å². The number of morpholine rings is 1. The lowest BCUT2D eigenvalue weighted by molar-refractivity contribution is 0.0391. The van der Waals surface area contributed by atoms with Gasteiger partial charge < -0.3 is 4.74 Å². The van der Waals surface area contributed by atoms with E-state index in [2.05, 4.69) is 29.1 Å². The minimum atomic E-state index is -0.0706. The molecule has 7 nitrogen and oxygen atoms in total. The van der Waals surface area contributed by atoms with E-state index in [1.165, 1.54) is 5.56 Å². The average Bonchev–Trinajstić information content (AvgIpc) is 3.43. The van der Waals surface area contributed by atoms with E-state index in [1.54, 1.807) is 17.5 Å². The van der Waals surface area contributed by atoms with Crippen molar-refractivity contribution in [1.29, 1.82) is 0 Å². The molecule has 0 radical (unpaired) electrons. The molecule has 8 heteroatoms. The van der Waals surface area contributed by atoms with E-state index in [4.69, 9.17) is 9.72 Å². The maximum absolute atomic E-state index is 13.8. The monoisotopic (exact) mass is 461 g/mol. The predicted octanol–water partition coefficient (Wildman–Crippen LogP) is 4.08. The third kappa shape index (κ3) is 4.55. The van der Waals surface area contributed by atoms with Gasteiger partial charge in [-0.1, -0.05) is 35.6 Å². The molecule has 2 aromatic heterocycles. The summed E-state index contributed by atoms with van der Waals surface area (Å²) in [7, 11) is 0. The molecule has 4 aromatic rings. The second kappa shape index (κ2) is 9.43. The molecule has 0 aliphatic carbocycles. The number of hydrogen-bond donors (Lipinski definition) is 0. The van der Waals surface area contributed by atoms with Gasteiger partial charge >= 0.3 is 0 Å². The number of aromatic nitrogens is 3. The van der Waals surface area contributed by atoms with E-state index in [1.807, 2.05) is 52.9 Å². The summed E-state index contributed by atoms with van der Waals surface area (Å²) in [5.41, 5.74) is 4.45. The summed E-state index contributed by atoms with van der Waals surface area (Å²) in [6.07, 6.45) is 1.67. The lowest BCUT2D eigenvalue weighted by atomic mass is 10.2. The molecular formula is C25H27N5O2S. The van der Waals surface area contributed by atoms with Crippen molar-refractivity contribution < 1.29 is 9.53 Å². The summed E-state index contributed by atoms with van der Waals surface area (Å²) in [6.45, 7) is 8.58. The maximum atomic E-state index is 13.8. The summed E-state index contributed by atoms with van der Waals surface area (Å²) >= 11 is 1.56. The Morgan fingerprint density at radius 2 is 1.91 bits per heavy atom. The number of fused-ring (bicyclic) bond motifs is 1. The van der Waals surface area contributed by atoms with Crippen molar-refractivity contribution in [3.8, 4) is 5.69 Å². The van der Waals surface area contributed by atoms with Crippen LogP contribution in [0.2, 0.25) is 0 Å². The number of carbonyl (C=O) groups is 1. The molecule has 1 aliphatic heterocycles. The Balaban J connectivity index is 1.47. The summed E-state index contributed by atoms with van der Waals surface area (Å²) < 4.78 is 8.38. The molecular weight excluding hydrogens is 434 g/mol. The van der Waals surface area contributed by atoms with Gasteiger partial charge in [-0.2, -0.15) is 5.10 Å². The van der Waals surface area contributed by atoms with Gasteiger partial charge in [0.05, 0.1) is 46.6 Å². The van der Waals surface area contributed by atoms with E-state index in [9.17, 15) is 4.79 Å². The number of aryl methyl sites for hydroxylation is 1. The number of rotatable bonds is 6. The van der Waals surface area contributed by atoms with E-state index >= 15 is 0 Å². The van der Waals surface area contributed by atoms with Gasteiger partial charge in [0.15, 0.2) is 5.13 Å². The number of carbonyl (C=O) groups excluding carboxylic acids is 1. The topological polar surface area (TPSA) is 63.5 Å². The molecule has 0 N–H and O–H groups in total. The van der Waals surface area contributed by atoms with Crippen LogP contribution in [0.25, 0.3) is 15.9 Å². The molecule has 0 saturated carbocycles. The van der Waals surface area contributed by atoms with E-state index in [0.717, 1.165) is 59.6 Å². The second-order valence-electron chi connectivity index (χ2n) is 8.27. The van der Waals surface area contributed by atoms with Crippen molar-refractivity contribution in [2.75, 3.05) is 44.3 Å². The molecule has 1 aliphatic rings. The minimum Gasteiger partial charge on any atom is -0.379 e. The molecule has 2 aromatic carbocycles. The standard InChI is InChI=1S/C25H27N5O2S/c1-18-8-9-22-23(16-18)33-25(27-22)29(11-10-28-12-14-32-15-13-28)24(31)21-17-26-30(19(21)2)20-6-4-3-5-7-20/h3-9,16-17H,10-15H2,1-2H3. The lowest BCUT2D eigenvalue weighted by Gasteiger charge is -2.29. The van der Waals surface area contributed by atoms with Crippen LogP contribution in [0.1, 0.15) is 21.6 Å². The summed E-state index contributed by atoms with van der Waals surface area (Å²) in [4.78, 5) is 22.8. The number of thiazole rings is 1. The first-order chi connectivity index (χ1) is 16.1. The van der Waals surface area contributed by atoms with E-state index in [0.29, 0.717) is 12.1 Å². The van der Waals surface area contributed by atoms with Crippen molar-refractivity contribution in [3.05, 3.63) is 71.5 Å². The lowest BCUT2D eigenvalue weighted by Crippen LogP contribution is -2.43. The Labute approximate surface area is 197 Å². The molecule has 1 fully saturated rings. The molecule has 0 bridgehead atoms.